The van der Waals surface area contributed by atoms with E-state index < -0.39 is 0 Å². The number of hydrogen-bond donors (Lipinski definition) is 0. The van der Waals surface area contributed by atoms with Crippen LogP contribution in [0, 0.1) is 12.1 Å². The first-order valence-corrected chi connectivity index (χ1v) is 3.21. The first-order valence-electron chi connectivity index (χ1n) is 2.04. The average molecular weight is 189 g/mol. The van der Waals surface area contributed by atoms with Crippen LogP contribution in [0.15, 0.2) is 16.6 Å². The van der Waals surface area contributed by atoms with Crippen molar-refractivity contribution in [3.05, 3.63) is 33.8 Å². The maximum Gasteiger partial charge on any atom is 0.0633 e. The summed E-state index contributed by atoms with van der Waals surface area (Å²) in [7, 11) is 0. The van der Waals surface area contributed by atoms with Gasteiger partial charge in [-0.25, -0.2) is 0 Å². The van der Waals surface area contributed by atoms with Crippen molar-refractivity contribution >= 4 is 27.5 Å². The SMILES string of the molecule is Clc1[c]cc[c]c1Br. The Kier molecular flexibility index (Phi) is 1.92. The van der Waals surface area contributed by atoms with E-state index in [1.807, 2.05) is 0 Å². The zero-order valence-electron chi connectivity index (χ0n) is 3.91. The molecule has 0 amide bonds. The van der Waals surface area contributed by atoms with Crippen LogP contribution in [0.25, 0.3) is 0 Å². The van der Waals surface area contributed by atoms with Crippen molar-refractivity contribution in [3.63, 3.8) is 0 Å². The molecule has 0 aliphatic carbocycles. The number of hydrogen-bond acceptors (Lipinski definition) is 0. The van der Waals surface area contributed by atoms with E-state index in [2.05, 4.69) is 28.1 Å². The molecule has 0 saturated carbocycles. The van der Waals surface area contributed by atoms with Crippen molar-refractivity contribution < 1.29 is 0 Å². The standard InChI is InChI=1S/C6H2BrCl/c7-5-3-1-2-4-6(5)8/h1-2H. The molecule has 2 heteroatoms. The van der Waals surface area contributed by atoms with E-state index in [1.54, 1.807) is 12.1 Å². The second-order valence-electron chi connectivity index (χ2n) is 1.25. The van der Waals surface area contributed by atoms with Crippen molar-refractivity contribution in [3.8, 4) is 0 Å². The molecule has 0 aromatic heterocycles. The minimum absolute atomic E-state index is 0.576. The number of benzene rings is 1. The molecule has 0 N–H and O–H groups in total. The molecule has 0 atom stereocenters. The Morgan fingerprint density at radius 1 is 1.38 bits per heavy atom. The van der Waals surface area contributed by atoms with Crippen molar-refractivity contribution in [1.82, 2.24) is 0 Å². The smallest absolute Gasteiger partial charge is 0.0633 e. The molecule has 1 rings (SSSR count). The monoisotopic (exact) mass is 188 g/mol. The van der Waals surface area contributed by atoms with Gasteiger partial charge in [0, 0.05) is 10.5 Å². The van der Waals surface area contributed by atoms with Crippen molar-refractivity contribution in [2.45, 2.75) is 0 Å². The van der Waals surface area contributed by atoms with Crippen molar-refractivity contribution in [2.24, 2.45) is 0 Å². The largest absolute Gasteiger partial charge is 0.0824 e. The topological polar surface area (TPSA) is 0 Å². The van der Waals surface area contributed by atoms with Crippen LogP contribution >= 0.6 is 27.5 Å². The van der Waals surface area contributed by atoms with Gasteiger partial charge in [-0.2, -0.15) is 0 Å². The van der Waals surface area contributed by atoms with Gasteiger partial charge in [0.2, 0.25) is 0 Å². The van der Waals surface area contributed by atoms with Crippen molar-refractivity contribution in [1.29, 1.82) is 0 Å². The maximum atomic E-state index is 5.57. The van der Waals surface area contributed by atoms with Crippen LogP contribution in [0.4, 0.5) is 0 Å². The molecule has 1 aromatic carbocycles. The molecule has 0 bridgehead atoms. The van der Waals surface area contributed by atoms with E-state index in [-0.39, 0.29) is 0 Å². The highest BCUT2D eigenvalue weighted by Crippen LogP contribution is 2.18. The molecule has 0 unspecified atom stereocenters. The van der Waals surface area contributed by atoms with Crippen LogP contribution in [0.2, 0.25) is 5.02 Å². The normalized spacial score (nSPS) is 9.25. The lowest BCUT2D eigenvalue weighted by Gasteiger charge is -1.87. The van der Waals surface area contributed by atoms with E-state index >= 15 is 0 Å². The van der Waals surface area contributed by atoms with Gasteiger partial charge >= 0.3 is 0 Å². The van der Waals surface area contributed by atoms with Crippen LogP contribution < -0.4 is 0 Å². The predicted octanol–water partition coefficient (Wildman–Crippen LogP) is 2.70. The first kappa shape index (κ1) is 6.12. The third-order valence-electron chi connectivity index (χ3n) is 0.696. The molecular formula is C6H2BrCl. The Morgan fingerprint density at radius 2 is 2.00 bits per heavy atom. The molecular weight excluding hydrogens is 187 g/mol. The summed E-state index contributed by atoms with van der Waals surface area (Å²) in [5, 5.41) is 0.576. The zero-order valence-corrected chi connectivity index (χ0v) is 6.25. The fraction of sp³-hybridized carbons (Fsp3) is 0. The van der Waals surface area contributed by atoms with Crippen LogP contribution in [-0.4, -0.2) is 0 Å². The van der Waals surface area contributed by atoms with Crippen molar-refractivity contribution in [2.75, 3.05) is 0 Å². The maximum absolute atomic E-state index is 5.57. The molecule has 0 spiro atoms. The Hall–Kier alpha value is -0.0100. The second kappa shape index (κ2) is 2.51. The minimum Gasteiger partial charge on any atom is -0.0824 e. The Bertz CT molecular complexity index is 165. The molecule has 8 heavy (non-hydrogen) atoms. The Balaban J connectivity index is 3.13. The third-order valence-corrected chi connectivity index (χ3v) is 1.85. The van der Waals surface area contributed by atoms with Crippen LogP contribution in [0.5, 0.6) is 0 Å². The summed E-state index contributed by atoms with van der Waals surface area (Å²) >= 11 is 8.75. The lowest BCUT2D eigenvalue weighted by Crippen LogP contribution is -1.64. The van der Waals surface area contributed by atoms with Gasteiger partial charge in [-0.3, -0.25) is 0 Å². The first-order chi connectivity index (χ1) is 3.80. The summed E-state index contributed by atoms with van der Waals surface area (Å²) in [6.07, 6.45) is 0. The lowest BCUT2D eigenvalue weighted by atomic mass is 10.4. The molecule has 1 aromatic rings. The van der Waals surface area contributed by atoms with Gasteiger partial charge in [-0.05, 0) is 22.0 Å². The van der Waals surface area contributed by atoms with Gasteiger partial charge < -0.3 is 0 Å². The highest BCUT2D eigenvalue weighted by atomic mass is 79.9. The quantitative estimate of drug-likeness (QED) is 0.589. The molecule has 0 saturated heterocycles. The zero-order chi connectivity index (χ0) is 5.98. The second-order valence-corrected chi connectivity index (χ2v) is 2.42. The van der Waals surface area contributed by atoms with E-state index in [9.17, 15) is 0 Å². The average Bonchev–Trinajstić information content (AvgIpc) is 1.77. The summed E-state index contributed by atoms with van der Waals surface area (Å²) in [4.78, 5) is 0. The Labute approximate surface area is 61.6 Å². The van der Waals surface area contributed by atoms with Crippen LogP contribution in [0.1, 0.15) is 0 Å². The van der Waals surface area contributed by atoms with E-state index in [4.69, 9.17) is 11.6 Å². The molecule has 0 aliphatic heterocycles. The van der Waals surface area contributed by atoms with Gasteiger partial charge in [0.25, 0.3) is 0 Å². The van der Waals surface area contributed by atoms with Gasteiger partial charge in [0.15, 0.2) is 0 Å². The number of rotatable bonds is 0. The Morgan fingerprint density at radius 3 is 2.38 bits per heavy atom. The van der Waals surface area contributed by atoms with E-state index in [0.29, 0.717) is 5.02 Å². The molecule has 0 heterocycles. The third kappa shape index (κ3) is 1.23. The summed E-state index contributed by atoms with van der Waals surface area (Å²) in [5.41, 5.74) is 0. The predicted molar refractivity (Wildman–Crippen MR) is 36.8 cm³/mol. The number of halogens is 2. The highest BCUT2D eigenvalue weighted by Gasteiger charge is 1.90. The summed E-state index contributed by atoms with van der Waals surface area (Å²) in [6.45, 7) is 0. The van der Waals surface area contributed by atoms with E-state index in [0.717, 1.165) is 4.47 Å². The fourth-order valence-corrected chi connectivity index (χ4v) is 0.721. The minimum atomic E-state index is 0.576. The van der Waals surface area contributed by atoms with Gasteiger partial charge in [-0.15, -0.1) is 0 Å². The van der Waals surface area contributed by atoms with E-state index in [1.165, 1.54) is 0 Å². The molecule has 0 nitrogen and oxygen atoms in total. The van der Waals surface area contributed by atoms with Gasteiger partial charge in [0.1, 0.15) is 0 Å². The summed E-state index contributed by atoms with van der Waals surface area (Å²) in [5.74, 6) is 0. The fourth-order valence-electron chi connectivity index (χ4n) is 0.356. The summed E-state index contributed by atoms with van der Waals surface area (Å²) in [6, 6.07) is 9.10. The van der Waals surface area contributed by atoms with Crippen LogP contribution in [-0.2, 0) is 0 Å². The molecule has 0 aliphatic rings. The molecule has 2 radical (unpaired) electrons. The molecule has 0 fully saturated rings. The lowest BCUT2D eigenvalue weighted by molar-refractivity contribution is 1.62. The summed E-state index contributed by atoms with van der Waals surface area (Å²) < 4.78 is 0.765. The van der Waals surface area contributed by atoms with Crippen LogP contribution in [0.3, 0.4) is 0 Å². The van der Waals surface area contributed by atoms with Gasteiger partial charge in [-0.1, -0.05) is 23.7 Å². The highest BCUT2D eigenvalue weighted by molar-refractivity contribution is 9.10. The molecule has 40 valence electrons. The van der Waals surface area contributed by atoms with Gasteiger partial charge in [0.05, 0.1) is 5.02 Å².